The summed E-state index contributed by atoms with van der Waals surface area (Å²) in [6, 6.07) is 13.7. The Morgan fingerprint density at radius 3 is 2.34 bits per heavy atom. The summed E-state index contributed by atoms with van der Waals surface area (Å²) in [7, 11) is -3.56. The molecule has 3 heterocycles. The Balaban J connectivity index is 1.39. The molecular formula is C19H19ClN6O2S. The zero-order chi connectivity index (χ0) is 20.3. The predicted octanol–water partition coefficient (Wildman–Crippen LogP) is 2.78. The summed E-state index contributed by atoms with van der Waals surface area (Å²) in [6.07, 6.45) is 3.39. The van der Waals surface area contributed by atoms with Gasteiger partial charge in [0.2, 0.25) is 10.0 Å². The molecule has 10 heteroatoms. The third-order valence-corrected chi connectivity index (χ3v) is 6.73. The lowest BCUT2D eigenvalue weighted by molar-refractivity contribution is 0.383. The summed E-state index contributed by atoms with van der Waals surface area (Å²) in [6.45, 7) is 1.80. The highest BCUT2D eigenvalue weighted by Gasteiger charge is 2.29. The maximum absolute atomic E-state index is 12.8. The van der Waals surface area contributed by atoms with E-state index in [0.29, 0.717) is 42.8 Å². The van der Waals surface area contributed by atoms with Crippen molar-refractivity contribution >= 4 is 38.9 Å². The van der Waals surface area contributed by atoms with E-state index in [1.165, 1.54) is 10.4 Å². The molecule has 1 aromatic carbocycles. The Hall–Kier alpha value is -2.75. The second-order valence-electron chi connectivity index (χ2n) is 6.49. The number of rotatable bonds is 5. The van der Waals surface area contributed by atoms with Gasteiger partial charge in [-0.3, -0.25) is 4.98 Å². The monoisotopic (exact) mass is 430 g/mol. The van der Waals surface area contributed by atoms with Crippen LogP contribution in [0.25, 0.3) is 0 Å². The number of benzene rings is 1. The van der Waals surface area contributed by atoms with Gasteiger partial charge in [0, 0.05) is 49.3 Å². The smallest absolute Gasteiger partial charge is 0.243 e. The lowest BCUT2D eigenvalue weighted by Gasteiger charge is -2.34. The van der Waals surface area contributed by atoms with Gasteiger partial charge in [0.1, 0.15) is 0 Å². The Labute approximate surface area is 174 Å². The molecule has 0 spiro atoms. The minimum Gasteiger partial charge on any atom is -0.352 e. The van der Waals surface area contributed by atoms with Gasteiger partial charge in [0.05, 0.1) is 4.90 Å². The maximum Gasteiger partial charge on any atom is 0.243 e. The third-order valence-electron chi connectivity index (χ3n) is 4.60. The predicted molar refractivity (Wildman–Crippen MR) is 112 cm³/mol. The molecule has 0 aliphatic carbocycles. The largest absolute Gasteiger partial charge is 0.352 e. The first kappa shape index (κ1) is 19.6. The van der Waals surface area contributed by atoms with Crippen LogP contribution in [0.15, 0.2) is 65.8 Å². The summed E-state index contributed by atoms with van der Waals surface area (Å²) in [5.74, 6) is 1.34. The molecule has 1 fully saturated rings. The van der Waals surface area contributed by atoms with Crippen molar-refractivity contribution < 1.29 is 8.42 Å². The van der Waals surface area contributed by atoms with Crippen molar-refractivity contribution in [1.29, 1.82) is 0 Å². The fraction of sp³-hybridized carbons (Fsp3) is 0.211. The summed E-state index contributed by atoms with van der Waals surface area (Å²) >= 11 is 5.94. The minimum atomic E-state index is -3.56. The molecule has 0 saturated carbocycles. The minimum absolute atomic E-state index is 0.213. The number of hydrogen-bond donors (Lipinski definition) is 1. The molecule has 1 N–H and O–H groups in total. The van der Waals surface area contributed by atoms with Crippen LogP contribution in [0, 0.1) is 0 Å². The van der Waals surface area contributed by atoms with Crippen molar-refractivity contribution in [3.63, 3.8) is 0 Å². The number of aromatic nitrogens is 3. The van der Waals surface area contributed by atoms with E-state index in [4.69, 9.17) is 11.6 Å². The highest BCUT2D eigenvalue weighted by Crippen LogP contribution is 2.22. The van der Waals surface area contributed by atoms with Crippen LogP contribution < -0.4 is 10.2 Å². The second kappa shape index (κ2) is 8.32. The van der Waals surface area contributed by atoms with E-state index < -0.39 is 10.0 Å². The molecule has 0 unspecified atom stereocenters. The molecular weight excluding hydrogens is 412 g/mol. The highest BCUT2D eigenvalue weighted by molar-refractivity contribution is 7.89. The molecule has 8 nitrogen and oxygen atoms in total. The Kier molecular flexibility index (Phi) is 5.61. The number of nitrogens with one attached hydrogen (secondary N) is 1. The van der Waals surface area contributed by atoms with Gasteiger partial charge in [-0.05, 0) is 42.5 Å². The van der Waals surface area contributed by atoms with Crippen LogP contribution in [0.5, 0.6) is 0 Å². The number of nitrogens with zero attached hydrogens (tertiary/aromatic N) is 5. The molecule has 150 valence electrons. The van der Waals surface area contributed by atoms with E-state index in [1.807, 2.05) is 29.2 Å². The SMILES string of the molecule is O=S(=O)(c1cccc(Cl)c1)N1CCN(c2ccc(Nc3ccncc3)nn2)CC1. The fourth-order valence-corrected chi connectivity index (χ4v) is 4.80. The van der Waals surface area contributed by atoms with Crippen LogP contribution in [0.2, 0.25) is 5.02 Å². The van der Waals surface area contributed by atoms with Gasteiger partial charge in [0.15, 0.2) is 11.6 Å². The van der Waals surface area contributed by atoms with E-state index in [9.17, 15) is 8.42 Å². The quantitative estimate of drug-likeness (QED) is 0.665. The number of sulfonamides is 1. The summed E-state index contributed by atoms with van der Waals surface area (Å²) < 4.78 is 27.1. The molecule has 3 aromatic rings. The number of pyridine rings is 1. The fourth-order valence-electron chi connectivity index (χ4n) is 3.08. The molecule has 0 radical (unpaired) electrons. The number of piperazine rings is 1. The van der Waals surface area contributed by atoms with Crippen molar-refractivity contribution in [2.75, 3.05) is 36.4 Å². The van der Waals surface area contributed by atoms with Crippen LogP contribution in [-0.4, -0.2) is 54.1 Å². The van der Waals surface area contributed by atoms with Crippen molar-refractivity contribution in [1.82, 2.24) is 19.5 Å². The van der Waals surface area contributed by atoms with Gasteiger partial charge in [-0.2, -0.15) is 4.31 Å². The number of halogens is 1. The van der Waals surface area contributed by atoms with Gasteiger partial charge >= 0.3 is 0 Å². The van der Waals surface area contributed by atoms with Crippen molar-refractivity contribution in [2.24, 2.45) is 0 Å². The molecule has 1 aliphatic heterocycles. The average molecular weight is 431 g/mol. The van der Waals surface area contributed by atoms with Crippen LogP contribution >= 0.6 is 11.6 Å². The van der Waals surface area contributed by atoms with Gasteiger partial charge in [-0.1, -0.05) is 17.7 Å². The topological polar surface area (TPSA) is 91.3 Å². The van der Waals surface area contributed by atoms with E-state index in [1.54, 1.807) is 30.6 Å². The molecule has 2 aromatic heterocycles. The van der Waals surface area contributed by atoms with Gasteiger partial charge in [-0.15, -0.1) is 10.2 Å². The van der Waals surface area contributed by atoms with Crippen molar-refractivity contribution in [2.45, 2.75) is 4.90 Å². The van der Waals surface area contributed by atoms with E-state index in [2.05, 4.69) is 20.5 Å². The Morgan fingerprint density at radius 1 is 0.931 bits per heavy atom. The second-order valence-corrected chi connectivity index (χ2v) is 8.86. The van der Waals surface area contributed by atoms with Gasteiger partial charge < -0.3 is 10.2 Å². The Bertz CT molecular complexity index is 1070. The lowest BCUT2D eigenvalue weighted by Crippen LogP contribution is -2.49. The standard InChI is InChI=1S/C19H19ClN6O2S/c20-15-2-1-3-17(14-15)29(27,28)26-12-10-25(11-13-26)19-5-4-18(23-24-19)22-16-6-8-21-9-7-16/h1-9,14H,10-13H2,(H,21,22,23). The zero-order valence-corrected chi connectivity index (χ0v) is 17.0. The summed E-state index contributed by atoms with van der Waals surface area (Å²) in [5.41, 5.74) is 0.877. The average Bonchev–Trinajstić information content (AvgIpc) is 2.75. The molecule has 0 atom stereocenters. The highest BCUT2D eigenvalue weighted by atomic mass is 35.5. The third kappa shape index (κ3) is 4.47. The van der Waals surface area contributed by atoms with Crippen molar-refractivity contribution in [3.8, 4) is 0 Å². The van der Waals surface area contributed by atoms with E-state index in [-0.39, 0.29) is 4.90 Å². The molecule has 0 bridgehead atoms. The zero-order valence-electron chi connectivity index (χ0n) is 15.4. The molecule has 0 amide bonds. The molecule has 1 saturated heterocycles. The van der Waals surface area contributed by atoms with Crippen LogP contribution in [0.4, 0.5) is 17.3 Å². The maximum atomic E-state index is 12.8. The molecule has 29 heavy (non-hydrogen) atoms. The van der Waals surface area contributed by atoms with Crippen molar-refractivity contribution in [3.05, 3.63) is 65.9 Å². The first-order valence-electron chi connectivity index (χ1n) is 9.04. The van der Waals surface area contributed by atoms with Crippen LogP contribution in [0.1, 0.15) is 0 Å². The first-order chi connectivity index (χ1) is 14.0. The number of anilines is 3. The summed E-state index contributed by atoms with van der Waals surface area (Å²) in [5, 5.41) is 12.0. The van der Waals surface area contributed by atoms with Gasteiger partial charge in [-0.25, -0.2) is 8.42 Å². The lowest BCUT2D eigenvalue weighted by atomic mass is 10.3. The number of hydrogen-bond acceptors (Lipinski definition) is 7. The van der Waals surface area contributed by atoms with E-state index in [0.717, 1.165) is 5.69 Å². The first-order valence-corrected chi connectivity index (χ1v) is 10.9. The molecule has 4 rings (SSSR count). The van der Waals surface area contributed by atoms with Crippen LogP contribution in [-0.2, 0) is 10.0 Å². The summed E-state index contributed by atoms with van der Waals surface area (Å²) in [4.78, 5) is 6.21. The Morgan fingerprint density at radius 2 is 1.69 bits per heavy atom. The van der Waals surface area contributed by atoms with Gasteiger partial charge in [0.25, 0.3) is 0 Å². The van der Waals surface area contributed by atoms with E-state index >= 15 is 0 Å². The molecule has 1 aliphatic rings. The normalized spacial score (nSPS) is 15.3. The van der Waals surface area contributed by atoms with Crippen LogP contribution in [0.3, 0.4) is 0 Å².